The van der Waals surface area contributed by atoms with Crippen molar-refractivity contribution < 1.29 is 5.11 Å². The third-order valence-electron chi connectivity index (χ3n) is 4.69. The molecule has 3 heteroatoms. The van der Waals surface area contributed by atoms with Gasteiger partial charge in [-0.15, -0.1) is 0 Å². The van der Waals surface area contributed by atoms with Gasteiger partial charge in [0.2, 0.25) is 0 Å². The molecule has 1 aromatic carbocycles. The minimum absolute atomic E-state index is 0.0405. The summed E-state index contributed by atoms with van der Waals surface area (Å²) in [6.45, 7) is 1.09. The van der Waals surface area contributed by atoms with E-state index in [-0.39, 0.29) is 6.10 Å². The highest BCUT2D eigenvalue weighted by atomic mass is 79.9. The molecule has 2 N–H and O–H groups in total. The molecule has 104 valence electrons. The highest BCUT2D eigenvalue weighted by Crippen LogP contribution is 2.40. The molecule has 0 heterocycles. The van der Waals surface area contributed by atoms with Crippen LogP contribution in [0.5, 0.6) is 0 Å². The maximum absolute atomic E-state index is 9.52. The van der Waals surface area contributed by atoms with E-state index in [0.717, 1.165) is 19.4 Å². The molecule has 0 amide bonds. The quantitative estimate of drug-likeness (QED) is 0.889. The van der Waals surface area contributed by atoms with E-state index in [0.29, 0.717) is 17.9 Å². The molecule has 0 aromatic heterocycles. The molecule has 0 bridgehead atoms. The lowest BCUT2D eigenvalue weighted by molar-refractivity contribution is 0.175. The molecule has 1 aromatic rings. The van der Waals surface area contributed by atoms with Gasteiger partial charge in [-0.1, -0.05) is 34.1 Å². The zero-order chi connectivity index (χ0) is 13.2. The van der Waals surface area contributed by atoms with Gasteiger partial charge in [0, 0.05) is 10.5 Å². The number of aliphatic hydroxyl groups is 1. The van der Waals surface area contributed by atoms with E-state index in [1.807, 2.05) is 0 Å². The van der Waals surface area contributed by atoms with Gasteiger partial charge in [-0.2, -0.15) is 0 Å². The zero-order valence-electron chi connectivity index (χ0n) is 11.2. The predicted octanol–water partition coefficient (Wildman–Crippen LogP) is 3.45. The van der Waals surface area contributed by atoms with E-state index in [1.165, 1.54) is 29.3 Å². The van der Waals surface area contributed by atoms with Crippen molar-refractivity contribution in [2.24, 2.45) is 5.92 Å². The Hall–Kier alpha value is -0.380. The second kappa shape index (κ2) is 5.94. The molecule has 0 radical (unpaired) electrons. The molecule has 2 saturated carbocycles. The van der Waals surface area contributed by atoms with Gasteiger partial charge >= 0.3 is 0 Å². The third-order valence-corrected chi connectivity index (χ3v) is 5.41. The van der Waals surface area contributed by atoms with Gasteiger partial charge in [-0.3, -0.25) is 0 Å². The summed E-state index contributed by atoms with van der Waals surface area (Å²) in [5.41, 5.74) is 1.46. The Morgan fingerprint density at radius 3 is 2.63 bits per heavy atom. The molecule has 19 heavy (non-hydrogen) atoms. The fourth-order valence-corrected chi connectivity index (χ4v) is 4.02. The second-order valence-corrected chi connectivity index (χ2v) is 6.98. The minimum Gasteiger partial charge on any atom is -0.393 e. The van der Waals surface area contributed by atoms with Gasteiger partial charge in [0.1, 0.15) is 0 Å². The summed E-state index contributed by atoms with van der Waals surface area (Å²) in [6.07, 6.45) is 5.63. The number of hydrogen-bond donors (Lipinski definition) is 2. The van der Waals surface area contributed by atoms with E-state index >= 15 is 0 Å². The lowest BCUT2D eigenvalue weighted by Crippen LogP contribution is -2.42. The second-order valence-electron chi connectivity index (χ2n) is 6.13. The van der Waals surface area contributed by atoms with E-state index in [9.17, 15) is 5.11 Å². The van der Waals surface area contributed by atoms with Crippen molar-refractivity contribution in [1.29, 1.82) is 0 Å². The van der Waals surface area contributed by atoms with Crippen molar-refractivity contribution in [3.05, 3.63) is 34.3 Å². The average Bonchev–Trinajstić information content (AvgIpc) is 2.75. The van der Waals surface area contributed by atoms with E-state index in [1.54, 1.807) is 0 Å². The molecular weight excluding hydrogens is 302 g/mol. The fourth-order valence-electron chi connectivity index (χ4n) is 3.41. The first kappa shape index (κ1) is 13.6. The van der Waals surface area contributed by atoms with Gasteiger partial charge in [-0.25, -0.2) is 0 Å². The molecule has 2 fully saturated rings. The number of benzene rings is 1. The lowest BCUT2D eigenvalue weighted by atomic mass is 9.76. The molecule has 2 nitrogen and oxygen atoms in total. The Balaban J connectivity index is 1.42. The average molecular weight is 324 g/mol. The summed E-state index contributed by atoms with van der Waals surface area (Å²) in [4.78, 5) is 0. The van der Waals surface area contributed by atoms with Crippen LogP contribution in [-0.4, -0.2) is 23.8 Å². The minimum atomic E-state index is -0.0405. The highest BCUT2D eigenvalue weighted by Gasteiger charge is 2.32. The lowest BCUT2D eigenvalue weighted by Gasteiger charge is -2.37. The number of nitrogens with one attached hydrogen (secondary N) is 1. The van der Waals surface area contributed by atoms with Crippen LogP contribution in [0.3, 0.4) is 0 Å². The standard InChI is InChI=1S/C16H22BrNO/c17-16-4-2-1-3-15(16)12-8-13(9-12)18-10-11-5-6-14(19)7-11/h1-4,11-14,18-19H,5-10H2. The Labute approximate surface area is 123 Å². The van der Waals surface area contributed by atoms with E-state index < -0.39 is 0 Å². The maximum Gasteiger partial charge on any atom is 0.0543 e. The molecule has 0 saturated heterocycles. The normalized spacial score (nSPS) is 34.2. The van der Waals surface area contributed by atoms with E-state index in [4.69, 9.17) is 0 Å². The predicted molar refractivity (Wildman–Crippen MR) is 81.3 cm³/mol. The van der Waals surface area contributed by atoms with Crippen LogP contribution in [0.2, 0.25) is 0 Å². The summed E-state index contributed by atoms with van der Waals surface area (Å²) in [7, 11) is 0. The fraction of sp³-hybridized carbons (Fsp3) is 0.625. The Morgan fingerprint density at radius 1 is 1.16 bits per heavy atom. The van der Waals surface area contributed by atoms with E-state index in [2.05, 4.69) is 45.5 Å². The summed E-state index contributed by atoms with van der Waals surface area (Å²) < 4.78 is 1.25. The molecule has 0 aliphatic heterocycles. The van der Waals surface area contributed by atoms with Crippen LogP contribution in [0.15, 0.2) is 28.7 Å². The first-order valence-electron chi connectivity index (χ1n) is 7.38. The topological polar surface area (TPSA) is 32.3 Å². The maximum atomic E-state index is 9.52. The van der Waals surface area contributed by atoms with Crippen molar-refractivity contribution in [2.45, 2.75) is 50.2 Å². The molecule has 2 aliphatic carbocycles. The largest absolute Gasteiger partial charge is 0.393 e. The van der Waals surface area contributed by atoms with Crippen molar-refractivity contribution >= 4 is 15.9 Å². The Morgan fingerprint density at radius 2 is 1.95 bits per heavy atom. The van der Waals surface area contributed by atoms with Gasteiger partial charge in [-0.05, 0) is 62.1 Å². The van der Waals surface area contributed by atoms with Crippen molar-refractivity contribution in [3.63, 3.8) is 0 Å². The third kappa shape index (κ3) is 3.21. The van der Waals surface area contributed by atoms with Crippen molar-refractivity contribution in [2.75, 3.05) is 6.54 Å². The summed E-state index contributed by atoms with van der Waals surface area (Å²) in [6, 6.07) is 9.25. The summed E-state index contributed by atoms with van der Waals surface area (Å²) in [5, 5.41) is 13.2. The van der Waals surface area contributed by atoms with Crippen LogP contribution in [0.4, 0.5) is 0 Å². The number of rotatable bonds is 4. The molecule has 0 spiro atoms. The monoisotopic (exact) mass is 323 g/mol. The van der Waals surface area contributed by atoms with Gasteiger partial charge in [0.25, 0.3) is 0 Å². The van der Waals surface area contributed by atoms with Crippen LogP contribution in [-0.2, 0) is 0 Å². The smallest absolute Gasteiger partial charge is 0.0543 e. The molecular formula is C16H22BrNO. The molecule has 2 unspecified atom stereocenters. The molecule has 2 aliphatic rings. The first-order valence-corrected chi connectivity index (χ1v) is 8.17. The number of aliphatic hydroxyl groups excluding tert-OH is 1. The van der Waals surface area contributed by atoms with Gasteiger partial charge in [0.15, 0.2) is 0 Å². The zero-order valence-corrected chi connectivity index (χ0v) is 12.8. The number of hydrogen-bond acceptors (Lipinski definition) is 2. The molecule has 2 atom stereocenters. The highest BCUT2D eigenvalue weighted by molar-refractivity contribution is 9.10. The number of halogens is 1. The van der Waals surface area contributed by atoms with Gasteiger partial charge < -0.3 is 10.4 Å². The van der Waals surface area contributed by atoms with Crippen LogP contribution in [0.1, 0.15) is 43.6 Å². The van der Waals surface area contributed by atoms with Crippen molar-refractivity contribution in [1.82, 2.24) is 5.32 Å². The SMILES string of the molecule is OC1CCC(CNC2CC(c3ccccc3Br)C2)C1. The summed E-state index contributed by atoms with van der Waals surface area (Å²) in [5.74, 6) is 1.40. The Kier molecular flexibility index (Phi) is 4.25. The first-order chi connectivity index (χ1) is 9.22. The van der Waals surface area contributed by atoms with Crippen LogP contribution in [0.25, 0.3) is 0 Å². The van der Waals surface area contributed by atoms with Crippen LogP contribution >= 0.6 is 15.9 Å². The van der Waals surface area contributed by atoms with Gasteiger partial charge in [0.05, 0.1) is 6.10 Å². The van der Waals surface area contributed by atoms with Crippen LogP contribution in [0, 0.1) is 5.92 Å². The molecule has 3 rings (SSSR count). The summed E-state index contributed by atoms with van der Waals surface area (Å²) >= 11 is 3.64. The van der Waals surface area contributed by atoms with Crippen molar-refractivity contribution in [3.8, 4) is 0 Å². The van der Waals surface area contributed by atoms with Crippen LogP contribution < -0.4 is 5.32 Å². The Bertz CT molecular complexity index is 431.